The summed E-state index contributed by atoms with van der Waals surface area (Å²) >= 11 is 0. The summed E-state index contributed by atoms with van der Waals surface area (Å²) < 4.78 is 0. The molecule has 6 aromatic rings. The lowest BCUT2D eigenvalue weighted by molar-refractivity contribution is 0.766. The minimum atomic E-state index is -0.409. The molecule has 0 spiro atoms. The number of nitrogens with zero attached hydrogens (tertiary/aromatic N) is 1. The molecule has 0 amide bonds. The third-order valence-electron chi connectivity index (χ3n) is 9.08. The molecule has 0 N–H and O–H groups in total. The summed E-state index contributed by atoms with van der Waals surface area (Å²) in [6.07, 6.45) is 0. The maximum absolute atomic E-state index is 2.41. The third kappa shape index (κ3) is 4.48. The monoisotopic (exact) mass is 555 g/mol. The van der Waals surface area contributed by atoms with E-state index in [0.717, 1.165) is 17.1 Å². The quantitative estimate of drug-likeness (QED) is 0.204. The molecule has 0 saturated heterocycles. The lowest BCUT2D eigenvalue weighted by atomic mass is 9.67. The first-order valence-electron chi connectivity index (χ1n) is 15.2. The van der Waals surface area contributed by atoms with Gasteiger partial charge >= 0.3 is 0 Å². The van der Waals surface area contributed by atoms with Gasteiger partial charge in [0.25, 0.3) is 0 Å². The molecule has 0 atom stereocenters. The SMILES string of the molecule is Cc1ccc(N(c2ccc(C)cc2)c2ccc(C3(c4ccc(C)cc4)c4cc(C)ccc4-c4ccc(C)cc43)cc2)cc1. The van der Waals surface area contributed by atoms with Gasteiger partial charge in [0.15, 0.2) is 0 Å². The molecular weight excluding hydrogens is 518 g/mol. The Labute approximate surface area is 256 Å². The first-order chi connectivity index (χ1) is 20.8. The summed E-state index contributed by atoms with van der Waals surface area (Å²) in [5, 5.41) is 0. The second-order valence-corrected chi connectivity index (χ2v) is 12.3. The van der Waals surface area contributed by atoms with Gasteiger partial charge in [-0.3, -0.25) is 0 Å². The largest absolute Gasteiger partial charge is 0.311 e. The molecule has 0 heterocycles. The summed E-state index contributed by atoms with van der Waals surface area (Å²) in [6, 6.07) is 50.0. The highest BCUT2D eigenvalue weighted by Gasteiger charge is 2.46. The Hall–Kier alpha value is -4.88. The van der Waals surface area contributed by atoms with E-state index in [1.807, 2.05) is 0 Å². The molecule has 1 nitrogen and oxygen atoms in total. The van der Waals surface area contributed by atoms with Crippen LogP contribution in [0.1, 0.15) is 50.1 Å². The van der Waals surface area contributed by atoms with Crippen LogP contribution in [0.2, 0.25) is 0 Å². The average molecular weight is 556 g/mol. The van der Waals surface area contributed by atoms with Gasteiger partial charge in [0, 0.05) is 17.1 Å². The Bertz CT molecular complexity index is 1830. The van der Waals surface area contributed by atoms with Crippen LogP contribution in [0, 0.1) is 34.6 Å². The summed E-state index contributed by atoms with van der Waals surface area (Å²) in [4.78, 5) is 2.35. The molecule has 0 saturated carbocycles. The van der Waals surface area contributed by atoms with Crippen molar-refractivity contribution in [3.63, 3.8) is 0 Å². The average Bonchev–Trinajstić information content (AvgIpc) is 3.29. The first kappa shape index (κ1) is 27.0. The molecule has 1 aliphatic rings. The predicted octanol–water partition coefficient (Wildman–Crippen LogP) is 11.1. The van der Waals surface area contributed by atoms with E-state index in [1.54, 1.807) is 0 Å². The highest BCUT2D eigenvalue weighted by Crippen LogP contribution is 2.56. The van der Waals surface area contributed by atoms with Crippen molar-refractivity contribution in [3.05, 3.63) is 184 Å². The zero-order chi connectivity index (χ0) is 29.7. The first-order valence-corrected chi connectivity index (χ1v) is 15.2. The highest BCUT2D eigenvalue weighted by molar-refractivity contribution is 5.87. The number of benzene rings is 6. The van der Waals surface area contributed by atoms with Gasteiger partial charge in [-0.15, -0.1) is 0 Å². The van der Waals surface area contributed by atoms with Crippen LogP contribution in [0.15, 0.2) is 133 Å². The standard InChI is InChI=1S/C42H37N/c1-28-6-14-33(15-7-28)42(40-26-31(4)12-24-38(40)39-25-13-32(5)27-41(39)42)34-16-22-37(23-17-34)43(35-18-8-29(2)9-19-35)36-20-10-30(3)11-21-36/h6-27H,1-5H3. The minimum absolute atomic E-state index is 0.409. The fourth-order valence-electron chi connectivity index (χ4n) is 6.84. The molecular formula is C42H37N. The van der Waals surface area contributed by atoms with Crippen LogP contribution in [0.4, 0.5) is 17.1 Å². The van der Waals surface area contributed by atoms with Crippen LogP contribution in [0.5, 0.6) is 0 Å². The van der Waals surface area contributed by atoms with Crippen LogP contribution in [0.3, 0.4) is 0 Å². The van der Waals surface area contributed by atoms with Gasteiger partial charge in [0.1, 0.15) is 0 Å². The molecule has 1 heteroatoms. The minimum Gasteiger partial charge on any atom is -0.311 e. The maximum Gasteiger partial charge on any atom is 0.0713 e. The Morgan fingerprint density at radius 3 is 1.05 bits per heavy atom. The van der Waals surface area contributed by atoms with Crippen LogP contribution in [-0.4, -0.2) is 0 Å². The van der Waals surface area contributed by atoms with Crippen LogP contribution >= 0.6 is 0 Å². The molecule has 0 unspecified atom stereocenters. The van der Waals surface area contributed by atoms with E-state index in [4.69, 9.17) is 0 Å². The predicted molar refractivity (Wildman–Crippen MR) is 182 cm³/mol. The second-order valence-electron chi connectivity index (χ2n) is 12.3. The van der Waals surface area contributed by atoms with Crippen molar-refractivity contribution in [2.75, 3.05) is 4.90 Å². The molecule has 7 rings (SSSR count). The number of hydrogen-bond acceptors (Lipinski definition) is 1. The van der Waals surface area contributed by atoms with Gasteiger partial charge in [-0.1, -0.05) is 125 Å². The summed E-state index contributed by atoms with van der Waals surface area (Å²) in [5.41, 5.74) is 17.3. The van der Waals surface area contributed by atoms with Gasteiger partial charge < -0.3 is 4.90 Å². The smallest absolute Gasteiger partial charge is 0.0713 e. The lowest BCUT2D eigenvalue weighted by Crippen LogP contribution is -2.29. The van der Waals surface area contributed by atoms with E-state index in [9.17, 15) is 0 Å². The molecule has 6 aromatic carbocycles. The topological polar surface area (TPSA) is 3.24 Å². The molecule has 0 aliphatic heterocycles. The normalized spacial score (nSPS) is 13.0. The van der Waals surface area contributed by atoms with E-state index < -0.39 is 5.41 Å². The van der Waals surface area contributed by atoms with Crippen molar-refractivity contribution in [1.29, 1.82) is 0 Å². The summed E-state index contributed by atoms with van der Waals surface area (Å²) in [6.45, 7) is 10.9. The Morgan fingerprint density at radius 2 is 0.651 bits per heavy atom. The summed E-state index contributed by atoms with van der Waals surface area (Å²) in [7, 11) is 0. The third-order valence-corrected chi connectivity index (χ3v) is 9.08. The van der Waals surface area contributed by atoms with E-state index in [-0.39, 0.29) is 0 Å². The number of aryl methyl sites for hydroxylation is 5. The molecule has 1 aliphatic carbocycles. The molecule has 0 radical (unpaired) electrons. The van der Waals surface area contributed by atoms with Crippen molar-refractivity contribution >= 4 is 17.1 Å². The lowest BCUT2D eigenvalue weighted by Gasteiger charge is -2.35. The Morgan fingerprint density at radius 1 is 0.349 bits per heavy atom. The van der Waals surface area contributed by atoms with Crippen LogP contribution in [0.25, 0.3) is 11.1 Å². The van der Waals surface area contributed by atoms with E-state index in [1.165, 1.54) is 61.2 Å². The Balaban J connectivity index is 1.46. The van der Waals surface area contributed by atoms with Gasteiger partial charge in [0.2, 0.25) is 0 Å². The Kier molecular flexibility index (Phi) is 6.55. The van der Waals surface area contributed by atoms with Gasteiger partial charge in [0.05, 0.1) is 5.41 Å². The van der Waals surface area contributed by atoms with Gasteiger partial charge in [-0.2, -0.15) is 0 Å². The van der Waals surface area contributed by atoms with Crippen molar-refractivity contribution < 1.29 is 0 Å². The van der Waals surface area contributed by atoms with Crippen LogP contribution < -0.4 is 4.90 Å². The van der Waals surface area contributed by atoms with E-state index in [0.29, 0.717) is 0 Å². The fourth-order valence-corrected chi connectivity index (χ4v) is 6.84. The van der Waals surface area contributed by atoms with Gasteiger partial charge in [-0.05, 0) is 104 Å². The van der Waals surface area contributed by atoms with Crippen molar-refractivity contribution in [2.45, 2.75) is 40.0 Å². The van der Waals surface area contributed by atoms with Crippen molar-refractivity contribution in [2.24, 2.45) is 0 Å². The zero-order valence-corrected chi connectivity index (χ0v) is 25.6. The number of rotatable bonds is 5. The fraction of sp³-hybridized carbons (Fsp3) is 0.143. The van der Waals surface area contributed by atoms with E-state index in [2.05, 4.69) is 173 Å². The van der Waals surface area contributed by atoms with Gasteiger partial charge in [-0.25, -0.2) is 0 Å². The molecule has 0 bridgehead atoms. The molecule has 0 fully saturated rings. The second kappa shape index (κ2) is 10.4. The number of anilines is 3. The van der Waals surface area contributed by atoms with Crippen LogP contribution in [-0.2, 0) is 5.41 Å². The molecule has 43 heavy (non-hydrogen) atoms. The van der Waals surface area contributed by atoms with Crippen molar-refractivity contribution in [1.82, 2.24) is 0 Å². The summed E-state index contributed by atoms with van der Waals surface area (Å²) in [5.74, 6) is 0. The van der Waals surface area contributed by atoms with E-state index >= 15 is 0 Å². The molecule has 210 valence electrons. The zero-order valence-electron chi connectivity index (χ0n) is 25.6. The number of fused-ring (bicyclic) bond motifs is 3. The molecule has 0 aromatic heterocycles. The number of hydrogen-bond donors (Lipinski definition) is 0. The maximum atomic E-state index is 2.41. The van der Waals surface area contributed by atoms with Crippen molar-refractivity contribution in [3.8, 4) is 11.1 Å². The highest BCUT2D eigenvalue weighted by atomic mass is 15.1.